The summed E-state index contributed by atoms with van der Waals surface area (Å²) >= 11 is 6.41. The molecule has 1 fully saturated rings. The molecule has 1 saturated carbocycles. The van der Waals surface area contributed by atoms with E-state index in [1.54, 1.807) is 12.3 Å². The van der Waals surface area contributed by atoms with Crippen LogP contribution in [0.15, 0.2) is 18.5 Å². The van der Waals surface area contributed by atoms with Crippen molar-refractivity contribution in [3.05, 3.63) is 29.2 Å². The number of nitrogens with one attached hydrogen (secondary N) is 3. The summed E-state index contributed by atoms with van der Waals surface area (Å²) in [5, 5.41) is 23.0. The number of amides is 2. The number of aromatic amines is 1. The van der Waals surface area contributed by atoms with E-state index in [1.807, 2.05) is 13.8 Å². The van der Waals surface area contributed by atoms with E-state index in [1.165, 1.54) is 13.1 Å². The predicted molar refractivity (Wildman–Crippen MR) is 120 cm³/mol. The van der Waals surface area contributed by atoms with E-state index < -0.39 is 0 Å². The zero-order valence-corrected chi connectivity index (χ0v) is 18.9. The Hall–Kier alpha value is -2.45. The van der Waals surface area contributed by atoms with Gasteiger partial charge in [0, 0.05) is 48.5 Å². The minimum absolute atomic E-state index is 0.0269. The third-order valence-electron chi connectivity index (χ3n) is 5.65. The number of aliphatic hydroxyl groups excluding tert-OH is 1. The van der Waals surface area contributed by atoms with E-state index in [0.29, 0.717) is 29.2 Å². The monoisotopic (exact) mass is 447 g/mol. The van der Waals surface area contributed by atoms with Gasteiger partial charge in [0.2, 0.25) is 11.8 Å². The van der Waals surface area contributed by atoms with Crippen molar-refractivity contribution in [3.8, 4) is 11.1 Å². The average molecular weight is 448 g/mol. The van der Waals surface area contributed by atoms with E-state index in [4.69, 9.17) is 11.6 Å². The average Bonchev–Trinajstić information content (AvgIpc) is 3.16. The second-order valence-corrected chi connectivity index (χ2v) is 9.47. The Balaban J connectivity index is 1.76. The van der Waals surface area contributed by atoms with Crippen molar-refractivity contribution in [2.75, 3.05) is 11.9 Å². The molecule has 4 N–H and O–H groups in total. The molecule has 0 aromatic carbocycles. The molecule has 0 spiro atoms. The molecule has 0 unspecified atom stereocenters. The van der Waals surface area contributed by atoms with E-state index in [9.17, 15) is 14.7 Å². The van der Waals surface area contributed by atoms with Crippen LogP contribution in [0.25, 0.3) is 11.1 Å². The molecule has 8 nitrogen and oxygen atoms in total. The number of hydrogen-bond acceptors (Lipinski definition) is 5. The van der Waals surface area contributed by atoms with Crippen LogP contribution in [0.1, 0.15) is 52.1 Å². The Morgan fingerprint density at radius 2 is 2.06 bits per heavy atom. The summed E-state index contributed by atoms with van der Waals surface area (Å²) in [4.78, 5) is 28.4. The summed E-state index contributed by atoms with van der Waals surface area (Å²) in [6.45, 7) is 5.47. The molecule has 1 aliphatic rings. The minimum Gasteiger partial charge on any atom is -0.396 e. The lowest BCUT2D eigenvalue weighted by molar-refractivity contribution is -0.123. The number of rotatable bonds is 7. The summed E-state index contributed by atoms with van der Waals surface area (Å²) in [6.07, 6.45) is 6.97. The van der Waals surface area contributed by atoms with Crippen molar-refractivity contribution in [3.63, 3.8) is 0 Å². The zero-order chi connectivity index (χ0) is 22.6. The summed E-state index contributed by atoms with van der Waals surface area (Å²) < 4.78 is 0. The number of carbonyl (C=O) groups excluding carboxylic acids is 2. The quantitative estimate of drug-likeness (QED) is 0.519. The lowest BCUT2D eigenvalue weighted by Gasteiger charge is -2.28. The Bertz CT molecular complexity index is 943. The Morgan fingerprint density at radius 3 is 2.77 bits per heavy atom. The van der Waals surface area contributed by atoms with Gasteiger partial charge >= 0.3 is 0 Å². The van der Waals surface area contributed by atoms with E-state index in [-0.39, 0.29) is 35.8 Å². The van der Waals surface area contributed by atoms with Crippen molar-refractivity contribution in [2.24, 2.45) is 11.3 Å². The van der Waals surface area contributed by atoms with Gasteiger partial charge in [-0.15, -0.1) is 0 Å². The topological polar surface area (TPSA) is 120 Å². The van der Waals surface area contributed by atoms with Gasteiger partial charge in [0.15, 0.2) is 0 Å². The number of pyridine rings is 1. The highest BCUT2D eigenvalue weighted by molar-refractivity contribution is 6.33. The van der Waals surface area contributed by atoms with Crippen molar-refractivity contribution in [2.45, 2.75) is 58.9 Å². The van der Waals surface area contributed by atoms with Crippen LogP contribution >= 0.6 is 11.6 Å². The largest absolute Gasteiger partial charge is 0.396 e. The fourth-order valence-electron chi connectivity index (χ4n) is 4.00. The van der Waals surface area contributed by atoms with Gasteiger partial charge in [0.25, 0.3) is 0 Å². The van der Waals surface area contributed by atoms with E-state index >= 15 is 0 Å². The molecular formula is C22H30ClN5O3. The van der Waals surface area contributed by atoms with Crippen LogP contribution in [0.5, 0.6) is 0 Å². The van der Waals surface area contributed by atoms with Gasteiger partial charge in [-0.3, -0.25) is 14.7 Å². The SMILES string of the molecule is CC(=O)N[C@H]1CCC[C@@H](C(=O)Nc2cc(-c3cn[nH]c3CC(C)(C)CO)c(Cl)cn2)C1. The van der Waals surface area contributed by atoms with Gasteiger partial charge in [-0.1, -0.05) is 31.9 Å². The Kier molecular flexibility index (Phi) is 7.33. The first kappa shape index (κ1) is 23.2. The predicted octanol–water partition coefficient (Wildman–Crippen LogP) is 3.32. The highest BCUT2D eigenvalue weighted by Crippen LogP contribution is 2.34. The molecule has 3 rings (SSSR count). The van der Waals surface area contributed by atoms with Crippen LogP contribution in [-0.2, 0) is 16.0 Å². The third-order valence-corrected chi connectivity index (χ3v) is 5.95. The van der Waals surface area contributed by atoms with Gasteiger partial charge < -0.3 is 15.7 Å². The number of aliphatic hydroxyl groups is 1. The standard InChI is InChI=1S/C22H30ClN5O3/c1-13(30)26-15-6-4-5-14(7-15)21(31)27-20-8-16(18(23)11-24-20)17-10-25-28-19(17)9-22(2,3)12-29/h8,10-11,14-15,29H,4-7,9,12H2,1-3H3,(H,25,28)(H,26,30)(H,24,27,31)/t14-,15+/m1/s1. The number of hydrogen-bond donors (Lipinski definition) is 4. The molecule has 2 atom stereocenters. The van der Waals surface area contributed by atoms with Gasteiger partial charge in [0.05, 0.1) is 11.2 Å². The third kappa shape index (κ3) is 6.04. The molecule has 1 aliphatic carbocycles. The molecule has 168 valence electrons. The fourth-order valence-corrected chi connectivity index (χ4v) is 4.21. The number of nitrogens with zero attached hydrogens (tertiary/aromatic N) is 2. The normalized spacial score (nSPS) is 19.1. The number of H-pyrrole nitrogens is 1. The number of anilines is 1. The Morgan fingerprint density at radius 1 is 1.29 bits per heavy atom. The fraction of sp³-hybridized carbons (Fsp3) is 0.545. The molecule has 0 aliphatic heterocycles. The molecular weight excluding hydrogens is 418 g/mol. The molecule has 0 saturated heterocycles. The first-order valence-corrected chi connectivity index (χ1v) is 10.9. The van der Waals surface area contributed by atoms with E-state index in [2.05, 4.69) is 25.8 Å². The second kappa shape index (κ2) is 9.78. The maximum absolute atomic E-state index is 12.8. The lowest BCUT2D eigenvalue weighted by Crippen LogP contribution is -2.40. The van der Waals surface area contributed by atoms with Gasteiger partial charge in [0.1, 0.15) is 5.82 Å². The second-order valence-electron chi connectivity index (χ2n) is 9.06. The zero-order valence-electron chi connectivity index (χ0n) is 18.2. The molecule has 2 heterocycles. The Labute approximate surface area is 187 Å². The highest BCUT2D eigenvalue weighted by Gasteiger charge is 2.28. The number of halogens is 1. The van der Waals surface area contributed by atoms with Crippen molar-refractivity contribution >= 4 is 29.2 Å². The molecule has 0 radical (unpaired) electrons. The number of aromatic nitrogens is 3. The molecule has 9 heteroatoms. The molecule has 31 heavy (non-hydrogen) atoms. The van der Waals surface area contributed by atoms with Gasteiger partial charge in [-0.05, 0) is 37.2 Å². The first-order valence-electron chi connectivity index (χ1n) is 10.6. The maximum atomic E-state index is 12.8. The van der Waals surface area contributed by atoms with Crippen LogP contribution < -0.4 is 10.6 Å². The molecule has 2 amide bonds. The minimum atomic E-state index is -0.316. The van der Waals surface area contributed by atoms with Crippen molar-refractivity contribution < 1.29 is 14.7 Å². The smallest absolute Gasteiger partial charge is 0.228 e. The van der Waals surface area contributed by atoms with Crippen LogP contribution in [0.3, 0.4) is 0 Å². The van der Waals surface area contributed by atoms with Crippen LogP contribution in [0.2, 0.25) is 5.02 Å². The van der Waals surface area contributed by atoms with Gasteiger partial charge in [-0.2, -0.15) is 5.10 Å². The summed E-state index contributed by atoms with van der Waals surface area (Å²) in [5.74, 6) is 0.0565. The van der Waals surface area contributed by atoms with E-state index in [0.717, 1.165) is 30.5 Å². The molecule has 0 bridgehead atoms. The summed E-state index contributed by atoms with van der Waals surface area (Å²) in [5.41, 5.74) is 2.07. The first-order chi connectivity index (χ1) is 14.7. The number of carbonyl (C=O) groups is 2. The molecule has 2 aromatic rings. The molecule has 2 aromatic heterocycles. The maximum Gasteiger partial charge on any atom is 0.228 e. The van der Waals surface area contributed by atoms with Crippen LogP contribution in [0.4, 0.5) is 5.82 Å². The van der Waals surface area contributed by atoms with Crippen molar-refractivity contribution in [1.29, 1.82) is 0 Å². The van der Waals surface area contributed by atoms with Crippen LogP contribution in [-0.4, -0.2) is 44.8 Å². The summed E-state index contributed by atoms with van der Waals surface area (Å²) in [6, 6.07) is 1.77. The lowest BCUT2D eigenvalue weighted by atomic mass is 9.85. The van der Waals surface area contributed by atoms with Crippen molar-refractivity contribution in [1.82, 2.24) is 20.5 Å². The van der Waals surface area contributed by atoms with Gasteiger partial charge in [-0.25, -0.2) is 4.98 Å². The van der Waals surface area contributed by atoms with Crippen LogP contribution in [0, 0.1) is 11.3 Å². The highest BCUT2D eigenvalue weighted by atomic mass is 35.5. The summed E-state index contributed by atoms with van der Waals surface area (Å²) in [7, 11) is 0.